The van der Waals surface area contributed by atoms with Crippen LogP contribution in [0.4, 0.5) is 11.4 Å². The number of hydrogen-bond acceptors (Lipinski definition) is 8. The summed E-state index contributed by atoms with van der Waals surface area (Å²) >= 11 is 1.33. The zero-order valence-electron chi connectivity index (χ0n) is 26.1. The van der Waals surface area contributed by atoms with Gasteiger partial charge in [0.2, 0.25) is 5.91 Å². The van der Waals surface area contributed by atoms with Gasteiger partial charge in [-0.15, -0.1) is 11.8 Å². The monoisotopic (exact) mass is 641 g/mol. The average molecular weight is 642 g/mol. The summed E-state index contributed by atoms with van der Waals surface area (Å²) in [5.41, 5.74) is 1.90. The highest BCUT2D eigenvalue weighted by Crippen LogP contribution is 2.36. The van der Waals surface area contributed by atoms with E-state index < -0.39 is 17.1 Å². The van der Waals surface area contributed by atoms with Crippen molar-refractivity contribution in [3.05, 3.63) is 108 Å². The molecule has 0 fully saturated rings. The summed E-state index contributed by atoms with van der Waals surface area (Å²) in [7, 11) is 6.05. The van der Waals surface area contributed by atoms with Crippen molar-refractivity contribution < 1.29 is 33.3 Å². The molecule has 1 atom stereocenters. The van der Waals surface area contributed by atoms with Gasteiger partial charge in [0.1, 0.15) is 17.2 Å². The molecule has 1 unspecified atom stereocenters. The van der Waals surface area contributed by atoms with Crippen molar-refractivity contribution in [2.24, 2.45) is 0 Å². The topological polar surface area (TPSA) is 124 Å². The van der Waals surface area contributed by atoms with E-state index in [0.717, 1.165) is 4.90 Å². The van der Waals surface area contributed by atoms with E-state index in [9.17, 15) is 14.4 Å². The van der Waals surface area contributed by atoms with Crippen LogP contribution in [0.2, 0.25) is 0 Å². The molecular formula is C35H35N3O7S. The molecule has 10 nitrogen and oxygen atoms in total. The average Bonchev–Trinajstić information content (AvgIpc) is 3.08. The second-order valence-electron chi connectivity index (χ2n) is 9.79. The van der Waals surface area contributed by atoms with Crippen molar-refractivity contribution in [2.75, 3.05) is 39.1 Å². The Morgan fingerprint density at radius 3 is 2.02 bits per heavy atom. The number of carbonyl (C=O) groups excluding carboxylic acids is 3. The minimum Gasteiger partial charge on any atom is -0.497 e. The fourth-order valence-corrected chi connectivity index (χ4v) is 5.24. The first-order valence-corrected chi connectivity index (χ1v) is 15.0. The number of hydrogen-bond donors (Lipinski definition) is 3. The first kappa shape index (κ1) is 33.5. The Balaban J connectivity index is 1.56. The van der Waals surface area contributed by atoms with E-state index in [1.807, 2.05) is 6.07 Å². The first-order valence-electron chi connectivity index (χ1n) is 14.2. The zero-order chi connectivity index (χ0) is 33.1. The lowest BCUT2D eigenvalue weighted by Gasteiger charge is -2.15. The number of nitrogens with one attached hydrogen (secondary N) is 3. The molecule has 238 valence electrons. The van der Waals surface area contributed by atoms with Gasteiger partial charge in [-0.25, -0.2) is 0 Å². The number of anilines is 2. The molecule has 0 aliphatic carbocycles. The number of benzene rings is 4. The fraction of sp³-hybridized carbons (Fsp3) is 0.171. The van der Waals surface area contributed by atoms with Crippen LogP contribution in [0.3, 0.4) is 0 Å². The van der Waals surface area contributed by atoms with Gasteiger partial charge < -0.3 is 34.9 Å². The van der Waals surface area contributed by atoms with Gasteiger partial charge in [0.15, 0.2) is 11.5 Å². The van der Waals surface area contributed by atoms with E-state index in [1.165, 1.54) is 39.2 Å². The lowest BCUT2D eigenvalue weighted by atomic mass is 10.1. The SMILES string of the molecule is COc1cccc(NC(=O)C(C)Sc2cccc(NC(=O)/C(=C\c3cc(OC)c(OC)cc3OC)NC(=O)c3ccccc3)c2)c1. The molecule has 0 aliphatic rings. The van der Waals surface area contributed by atoms with Crippen LogP contribution in [-0.2, 0) is 9.59 Å². The molecule has 0 bridgehead atoms. The first-order chi connectivity index (χ1) is 22.2. The third-order valence-electron chi connectivity index (χ3n) is 6.68. The molecule has 3 amide bonds. The Labute approximate surface area is 272 Å². The molecule has 0 radical (unpaired) electrons. The molecule has 4 aromatic carbocycles. The van der Waals surface area contributed by atoms with E-state index >= 15 is 0 Å². The standard InChI is InChI=1S/C35H35N3O7S/c1-22(33(39)36-25-13-9-15-27(19-25)42-2)46-28-16-10-14-26(20-28)37-35(41)29(38-34(40)23-11-7-6-8-12-23)17-24-18-31(44-4)32(45-5)21-30(24)43-3/h6-22H,1-5H3,(H,36,39)(H,37,41)(H,38,40)/b29-17+. The predicted octanol–water partition coefficient (Wildman–Crippen LogP) is 6.25. The third kappa shape index (κ3) is 8.82. The van der Waals surface area contributed by atoms with Gasteiger partial charge >= 0.3 is 0 Å². The lowest BCUT2D eigenvalue weighted by molar-refractivity contribution is -0.115. The summed E-state index contributed by atoms with van der Waals surface area (Å²) in [6.07, 6.45) is 1.50. The molecule has 3 N–H and O–H groups in total. The van der Waals surface area contributed by atoms with Crippen LogP contribution in [-0.4, -0.2) is 51.4 Å². The Morgan fingerprint density at radius 2 is 1.35 bits per heavy atom. The van der Waals surface area contributed by atoms with Gasteiger partial charge in [0.25, 0.3) is 11.8 Å². The molecule has 0 spiro atoms. The highest BCUT2D eigenvalue weighted by Gasteiger charge is 2.19. The fourth-order valence-electron chi connectivity index (χ4n) is 4.31. The van der Waals surface area contributed by atoms with Crippen LogP contribution < -0.4 is 34.9 Å². The largest absolute Gasteiger partial charge is 0.497 e. The van der Waals surface area contributed by atoms with Crippen LogP contribution in [0.1, 0.15) is 22.8 Å². The molecule has 0 heterocycles. The van der Waals surface area contributed by atoms with Crippen molar-refractivity contribution in [1.29, 1.82) is 0 Å². The van der Waals surface area contributed by atoms with Crippen LogP contribution in [0.15, 0.2) is 102 Å². The predicted molar refractivity (Wildman–Crippen MR) is 180 cm³/mol. The summed E-state index contributed by atoms with van der Waals surface area (Å²) < 4.78 is 21.6. The Bertz CT molecular complexity index is 1730. The van der Waals surface area contributed by atoms with E-state index in [1.54, 1.807) is 99.0 Å². The van der Waals surface area contributed by atoms with Gasteiger partial charge in [-0.3, -0.25) is 14.4 Å². The molecule has 4 rings (SSSR count). The summed E-state index contributed by atoms with van der Waals surface area (Å²) in [6, 6.07) is 26.0. The Morgan fingerprint density at radius 1 is 0.696 bits per heavy atom. The maximum absolute atomic E-state index is 13.7. The smallest absolute Gasteiger partial charge is 0.272 e. The maximum atomic E-state index is 13.7. The van der Waals surface area contributed by atoms with E-state index in [4.69, 9.17) is 18.9 Å². The Kier molecular flexibility index (Phi) is 11.7. The lowest BCUT2D eigenvalue weighted by Crippen LogP contribution is -2.30. The van der Waals surface area contributed by atoms with Gasteiger partial charge in [0.05, 0.1) is 33.7 Å². The second-order valence-corrected chi connectivity index (χ2v) is 11.2. The van der Waals surface area contributed by atoms with E-state index in [0.29, 0.717) is 45.5 Å². The summed E-state index contributed by atoms with van der Waals surface area (Å²) in [6.45, 7) is 1.79. The van der Waals surface area contributed by atoms with E-state index in [-0.39, 0.29) is 11.6 Å². The normalized spacial score (nSPS) is 11.5. The molecule has 0 saturated carbocycles. The Hall–Kier alpha value is -5.42. The number of methoxy groups -OCH3 is 4. The number of carbonyl (C=O) groups is 3. The molecule has 0 aromatic heterocycles. The van der Waals surface area contributed by atoms with Crippen molar-refractivity contribution in [1.82, 2.24) is 5.32 Å². The van der Waals surface area contributed by atoms with Gasteiger partial charge in [0, 0.05) is 39.5 Å². The molecule has 4 aromatic rings. The summed E-state index contributed by atoms with van der Waals surface area (Å²) in [5.74, 6) is 0.657. The molecular weight excluding hydrogens is 606 g/mol. The number of amides is 3. The minimum absolute atomic E-state index is 0.0385. The molecule has 0 aliphatic heterocycles. The van der Waals surface area contributed by atoms with Crippen molar-refractivity contribution >= 4 is 46.9 Å². The third-order valence-corrected chi connectivity index (χ3v) is 7.77. The summed E-state index contributed by atoms with van der Waals surface area (Å²) in [4.78, 5) is 40.5. The minimum atomic E-state index is -0.577. The molecule has 11 heteroatoms. The van der Waals surface area contributed by atoms with Crippen molar-refractivity contribution in [3.63, 3.8) is 0 Å². The van der Waals surface area contributed by atoms with Gasteiger partial charge in [-0.05, 0) is 61.5 Å². The number of rotatable bonds is 13. The van der Waals surface area contributed by atoms with Crippen LogP contribution in [0, 0.1) is 0 Å². The van der Waals surface area contributed by atoms with Crippen molar-refractivity contribution in [3.8, 4) is 23.0 Å². The van der Waals surface area contributed by atoms with Crippen LogP contribution in [0.5, 0.6) is 23.0 Å². The molecule has 46 heavy (non-hydrogen) atoms. The second kappa shape index (κ2) is 16.1. The quantitative estimate of drug-likeness (QED) is 0.116. The number of thioether (sulfide) groups is 1. The summed E-state index contributed by atoms with van der Waals surface area (Å²) in [5, 5.41) is 8.03. The zero-order valence-corrected chi connectivity index (χ0v) is 26.9. The molecule has 0 saturated heterocycles. The van der Waals surface area contributed by atoms with Crippen molar-refractivity contribution in [2.45, 2.75) is 17.1 Å². The van der Waals surface area contributed by atoms with Crippen LogP contribution in [0.25, 0.3) is 6.08 Å². The van der Waals surface area contributed by atoms with E-state index in [2.05, 4.69) is 16.0 Å². The highest BCUT2D eigenvalue weighted by molar-refractivity contribution is 8.00. The maximum Gasteiger partial charge on any atom is 0.272 e. The van der Waals surface area contributed by atoms with Gasteiger partial charge in [-0.1, -0.05) is 30.3 Å². The van der Waals surface area contributed by atoms with Crippen LogP contribution >= 0.6 is 11.8 Å². The van der Waals surface area contributed by atoms with Gasteiger partial charge in [-0.2, -0.15) is 0 Å². The number of ether oxygens (including phenoxy) is 4. The highest BCUT2D eigenvalue weighted by atomic mass is 32.2.